The minimum Gasteiger partial charge on any atom is -0.493 e. The first-order chi connectivity index (χ1) is 9.17. The van der Waals surface area contributed by atoms with Crippen LogP contribution >= 0.6 is 0 Å². The van der Waals surface area contributed by atoms with Gasteiger partial charge in [-0.1, -0.05) is 42.5 Å². The van der Waals surface area contributed by atoms with E-state index in [1.165, 1.54) is 0 Å². The highest BCUT2D eigenvalue weighted by atomic mass is 16.5. The summed E-state index contributed by atoms with van der Waals surface area (Å²) in [5, 5.41) is 18.4. The Morgan fingerprint density at radius 2 is 2.00 bits per heavy atom. The number of hydrogen-bond donors (Lipinski definition) is 2. The maximum Gasteiger partial charge on any atom is 0.113 e. The molecule has 0 aliphatic carbocycles. The maximum atomic E-state index is 9.52. The molecule has 0 aliphatic rings. The van der Waals surface area contributed by atoms with Crippen LogP contribution < -0.4 is 0 Å². The van der Waals surface area contributed by atoms with Gasteiger partial charge >= 0.3 is 0 Å². The van der Waals surface area contributed by atoms with Crippen molar-refractivity contribution in [1.29, 1.82) is 0 Å². The Labute approximate surface area is 114 Å². The van der Waals surface area contributed by atoms with Gasteiger partial charge in [-0.2, -0.15) is 0 Å². The Hall–Kier alpha value is -1.58. The second kappa shape index (κ2) is 8.51. The SMILES string of the molecule is CC=CC(CC(O)CO)=C(C)OCc1ccccc1. The number of aliphatic hydroxyl groups is 2. The van der Waals surface area contributed by atoms with Crippen LogP contribution in [0.2, 0.25) is 0 Å². The smallest absolute Gasteiger partial charge is 0.113 e. The fraction of sp³-hybridized carbons (Fsp3) is 0.375. The lowest BCUT2D eigenvalue weighted by atomic mass is 10.1. The molecule has 0 saturated heterocycles. The van der Waals surface area contributed by atoms with E-state index in [1.54, 1.807) is 0 Å². The van der Waals surface area contributed by atoms with E-state index in [0.717, 1.165) is 16.9 Å². The zero-order valence-electron chi connectivity index (χ0n) is 11.5. The Kier molecular flexibility index (Phi) is 6.93. The van der Waals surface area contributed by atoms with Crippen LogP contribution in [0.3, 0.4) is 0 Å². The average molecular weight is 262 g/mol. The number of rotatable bonds is 7. The maximum absolute atomic E-state index is 9.52. The molecule has 2 N–H and O–H groups in total. The zero-order valence-corrected chi connectivity index (χ0v) is 11.5. The first-order valence-electron chi connectivity index (χ1n) is 6.45. The van der Waals surface area contributed by atoms with Gasteiger partial charge in [-0.25, -0.2) is 0 Å². The average Bonchev–Trinajstić information content (AvgIpc) is 2.45. The van der Waals surface area contributed by atoms with Crippen molar-refractivity contribution >= 4 is 0 Å². The summed E-state index contributed by atoms with van der Waals surface area (Å²) in [4.78, 5) is 0. The van der Waals surface area contributed by atoms with E-state index in [-0.39, 0.29) is 6.61 Å². The van der Waals surface area contributed by atoms with Crippen molar-refractivity contribution in [1.82, 2.24) is 0 Å². The molecule has 0 aliphatic heterocycles. The van der Waals surface area contributed by atoms with Gasteiger partial charge in [0.1, 0.15) is 6.61 Å². The van der Waals surface area contributed by atoms with Crippen LogP contribution in [0.5, 0.6) is 0 Å². The van der Waals surface area contributed by atoms with Gasteiger partial charge in [0.2, 0.25) is 0 Å². The molecule has 3 heteroatoms. The number of allylic oxidation sites excluding steroid dienone is 3. The second-order valence-corrected chi connectivity index (χ2v) is 4.40. The molecular weight excluding hydrogens is 240 g/mol. The fourth-order valence-corrected chi connectivity index (χ4v) is 1.71. The van der Waals surface area contributed by atoms with E-state index >= 15 is 0 Å². The van der Waals surface area contributed by atoms with Crippen LogP contribution in [-0.2, 0) is 11.3 Å². The summed E-state index contributed by atoms with van der Waals surface area (Å²) in [6.45, 7) is 4.05. The van der Waals surface area contributed by atoms with Crippen molar-refractivity contribution < 1.29 is 14.9 Å². The molecule has 1 aromatic rings. The second-order valence-electron chi connectivity index (χ2n) is 4.40. The third-order valence-electron chi connectivity index (χ3n) is 2.78. The quantitative estimate of drug-likeness (QED) is 0.587. The summed E-state index contributed by atoms with van der Waals surface area (Å²) in [7, 11) is 0. The first kappa shape index (κ1) is 15.5. The molecule has 0 heterocycles. The molecule has 19 heavy (non-hydrogen) atoms. The zero-order chi connectivity index (χ0) is 14.1. The minimum atomic E-state index is -0.749. The van der Waals surface area contributed by atoms with E-state index in [4.69, 9.17) is 9.84 Å². The highest BCUT2D eigenvalue weighted by Gasteiger charge is 2.08. The summed E-state index contributed by atoms with van der Waals surface area (Å²) in [6, 6.07) is 9.92. The summed E-state index contributed by atoms with van der Waals surface area (Å²) in [5.41, 5.74) is 2.00. The predicted molar refractivity (Wildman–Crippen MR) is 76.5 cm³/mol. The highest BCUT2D eigenvalue weighted by Crippen LogP contribution is 2.16. The van der Waals surface area contributed by atoms with Gasteiger partial charge in [0.25, 0.3) is 0 Å². The summed E-state index contributed by atoms with van der Waals surface area (Å²) in [6.07, 6.45) is 3.44. The van der Waals surface area contributed by atoms with E-state index in [1.807, 2.05) is 56.3 Å². The largest absolute Gasteiger partial charge is 0.493 e. The summed E-state index contributed by atoms with van der Waals surface area (Å²) >= 11 is 0. The van der Waals surface area contributed by atoms with Gasteiger partial charge in [-0.3, -0.25) is 0 Å². The molecule has 0 spiro atoms. The molecule has 1 unspecified atom stereocenters. The lowest BCUT2D eigenvalue weighted by molar-refractivity contribution is 0.0940. The van der Waals surface area contributed by atoms with E-state index < -0.39 is 6.10 Å². The summed E-state index contributed by atoms with van der Waals surface area (Å²) in [5.74, 6) is 0.773. The van der Waals surface area contributed by atoms with Crippen LogP contribution in [0.15, 0.2) is 53.8 Å². The number of hydrogen-bond acceptors (Lipinski definition) is 3. The normalized spacial score (nSPS) is 14.3. The van der Waals surface area contributed by atoms with Crippen LogP contribution in [0.1, 0.15) is 25.8 Å². The van der Waals surface area contributed by atoms with Crippen LogP contribution in [0.4, 0.5) is 0 Å². The van der Waals surface area contributed by atoms with Crippen LogP contribution in [-0.4, -0.2) is 22.9 Å². The van der Waals surface area contributed by atoms with Crippen molar-refractivity contribution in [2.45, 2.75) is 33.0 Å². The van der Waals surface area contributed by atoms with Gasteiger partial charge in [0, 0.05) is 6.42 Å². The Morgan fingerprint density at radius 3 is 2.58 bits per heavy atom. The predicted octanol–water partition coefficient (Wildman–Crippen LogP) is 2.80. The third kappa shape index (κ3) is 5.73. The molecule has 1 atom stereocenters. The summed E-state index contributed by atoms with van der Waals surface area (Å²) < 4.78 is 5.72. The Balaban J connectivity index is 2.68. The lowest BCUT2D eigenvalue weighted by Crippen LogP contribution is -2.13. The molecule has 0 bridgehead atoms. The first-order valence-corrected chi connectivity index (χ1v) is 6.45. The van der Waals surface area contributed by atoms with Crippen molar-refractivity contribution in [2.24, 2.45) is 0 Å². The monoisotopic (exact) mass is 262 g/mol. The Morgan fingerprint density at radius 1 is 1.32 bits per heavy atom. The highest BCUT2D eigenvalue weighted by molar-refractivity contribution is 5.22. The number of aliphatic hydroxyl groups excluding tert-OH is 2. The molecule has 0 aromatic heterocycles. The molecule has 0 saturated carbocycles. The van der Waals surface area contributed by atoms with E-state index in [0.29, 0.717) is 13.0 Å². The van der Waals surface area contributed by atoms with Gasteiger partial charge in [0.15, 0.2) is 0 Å². The van der Waals surface area contributed by atoms with E-state index in [2.05, 4.69) is 0 Å². The van der Waals surface area contributed by atoms with Gasteiger partial charge in [0.05, 0.1) is 18.5 Å². The van der Waals surface area contributed by atoms with Crippen molar-refractivity contribution in [3.63, 3.8) is 0 Å². The van der Waals surface area contributed by atoms with Gasteiger partial charge in [-0.05, 0) is 25.0 Å². The van der Waals surface area contributed by atoms with Crippen molar-refractivity contribution in [2.75, 3.05) is 6.61 Å². The van der Waals surface area contributed by atoms with E-state index in [9.17, 15) is 5.11 Å². The molecule has 0 fully saturated rings. The molecular formula is C16H22O3. The minimum absolute atomic E-state index is 0.243. The molecule has 1 rings (SSSR count). The Bertz CT molecular complexity index is 421. The van der Waals surface area contributed by atoms with Crippen molar-refractivity contribution in [3.05, 3.63) is 59.4 Å². The van der Waals surface area contributed by atoms with Crippen LogP contribution in [0.25, 0.3) is 0 Å². The third-order valence-corrected chi connectivity index (χ3v) is 2.78. The van der Waals surface area contributed by atoms with Crippen LogP contribution in [0, 0.1) is 0 Å². The molecule has 1 aromatic carbocycles. The fourth-order valence-electron chi connectivity index (χ4n) is 1.71. The van der Waals surface area contributed by atoms with Gasteiger partial charge in [-0.15, -0.1) is 0 Å². The van der Waals surface area contributed by atoms with Crippen molar-refractivity contribution in [3.8, 4) is 0 Å². The molecule has 0 radical (unpaired) electrons. The molecule has 0 amide bonds. The molecule has 3 nitrogen and oxygen atoms in total. The topological polar surface area (TPSA) is 49.7 Å². The number of benzene rings is 1. The lowest BCUT2D eigenvalue weighted by Gasteiger charge is -2.13. The molecule has 104 valence electrons. The van der Waals surface area contributed by atoms with Gasteiger partial charge < -0.3 is 14.9 Å². The standard InChI is InChI=1S/C16H22O3/c1-3-7-15(10-16(18)11-17)13(2)19-12-14-8-5-4-6-9-14/h3-9,16-18H,10-12H2,1-2H3. The number of ether oxygens (including phenoxy) is 1.